The van der Waals surface area contributed by atoms with Gasteiger partial charge in [-0.25, -0.2) is 8.42 Å². The predicted molar refractivity (Wildman–Crippen MR) is 80.2 cm³/mol. The number of hydrogen-bond donors (Lipinski definition) is 2. The minimum atomic E-state index is -3.64. The van der Waals surface area contributed by atoms with Crippen LogP contribution in [0.5, 0.6) is 5.75 Å². The first-order valence-electron chi connectivity index (χ1n) is 6.19. The van der Waals surface area contributed by atoms with Crippen LogP contribution in [-0.4, -0.2) is 13.5 Å². The largest absolute Gasteiger partial charge is 0.508 e. The topological polar surface area (TPSA) is 90.2 Å². The van der Waals surface area contributed by atoms with Crippen LogP contribution < -0.4 is 4.72 Å². The van der Waals surface area contributed by atoms with E-state index in [1.54, 1.807) is 31.2 Å². The molecule has 0 saturated heterocycles. The first-order valence-corrected chi connectivity index (χ1v) is 7.84. The second-order valence-electron chi connectivity index (χ2n) is 4.63. The smallest absolute Gasteiger partial charge is 0.236 e. The van der Waals surface area contributed by atoms with Gasteiger partial charge in [0, 0.05) is 0 Å². The first kappa shape index (κ1) is 14.9. The van der Waals surface area contributed by atoms with Crippen molar-refractivity contribution in [2.24, 2.45) is 0 Å². The van der Waals surface area contributed by atoms with E-state index in [-0.39, 0.29) is 11.5 Å². The Bertz CT molecular complexity index is 808. The Morgan fingerprint density at radius 2 is 1.95 bits per heavy atom. The molecule has 0 aliphatic rings. The molecule has 0 amide bonds. The van der Waals surface area contributed by atoms with Crippen molar-refractivity contribution in [2.45, 2.75) is 12.7 Å². The number of phenolic OH excluding ortho intramolecular Hbond substituents is 1. The fourth-order valence-electron chi connectivity index (χ4n) is 1.93. The number of sulfonamides is 1. The number of benzene rings is 2. The number of nitrogens with zero attached hydrogens (tertiary/aromatic N) is 1. The summed E-state index contributed by atoms with van der Waals surface area (Å²) >= 11 is 0. The molecule has 2 rings (SSSR count). The van der Waals surface area contributed by atoms with Crippen molar-refractivity contribution in [3.8, 4) is 11.8 Å². The standard InChI is InChI=1S/C15H14N2O3S/c1-11-8-14(18)6-7-15(11)17-21(19,20)10-13-5-3-2-4-12(13)9-16/h2-8,17-18H,10H2,1H3. The predicted octanol–water partition coefficient (Wildman–Crippen LogP) is 2.51. The van der Waals surface area contributed by atoms with Gasteiger partial charge in [0.1, 0.15) is 5.75 Å². The minimum Gasteiger partial charge on any atom is -0.508 e. The normalized spacial score (nSPS) is 10.9. The van der Waals surface area contributed by atoms with Crippen molar-refractivity contribution < 1.29 is 13.5 Å². The second kappa shape index (κ2) is 5.85. The number of aryl methyl sites for hydroxylation is 1. The van der Waals surface area contributed by atoms with Gasteiger partial charge in [-0.2, -0.15) is 5.26 Å². The molecule has 0 unspecified atom stereocenters. The van der Waals surface area contributed by atoms with Gasteiger partial charge in [-0.1, -0.05) is 18.2 Å². The van der Waals surface area contributed by atoms with E-state index in [1.807, 2.05) is 6.07 Å². The van der Waals surface area contributed by atoms with Crippen LogP contribution in [0.25, 0.3) is 0 Å². The average molecular weight is 302 g/mol. The molecule has 21 heavy (non-hydrogen) atoms. The van der Waals surface area contributed by atoms with Gasteiger partial charge in [-0.3, -0.25) is 4.72 Å². The third kappa shape index (κ3) is 3.74. The van der Waals surface area contributed by atoms with Gasteiger partial charge >= 0.3 is 0 Å². The van der Waals surface area contributed by atoms with Crippen molar-refractivity contribution in [1.82, 2.24) is 0 Å². The summed E-state index contributed by atoms with van der Waals surface area (Å²) in [6, 6.07) is 12.9. The zero-order valence-corrected chi connectivity index (χ0v) is 12.2. The van der Waals surface area contributed by atoms with Crippen molar-refractivity contribution in [3.05, 3.63) is 59.2 Å². The summed E-state index contributed by atoms with van der Waals surface area (Å²) < 4.78 is 26.8. The van der Waals surface area contributed by atoms with Gasteiger partial charge in [0.25, 0.3) is 0 Å². The fraction of sp³-hybridized carbons (Fsp3) is 0.133. The highest BCUT2D eigenvalue weighted by atomic mass is 32.2. The number of anilines is 1. The number of phenols is 1. The maximum Gasteiger partial charge on any atom is 0.236 e. The Morgan fingerprint density at radius 3 is 2.62 bits per heavy atom. The van der Waals surface area contributed by atoms with Crippen LogP contribution in [0.15, 0.2) is 42.5 Å². The van der Waals surface area contributed by atoms with Crippen molar-refractivity contribution >= 4 is 15.7 Å². The lowest BCUT2D eigenvalue weighted by atomic mass is 10.1. The van der Waals surface area contributed by atoms with Gasteiger partial charge in [-0.15, -0.1) is 0 Å². The Hall–Kier alpha value is -2.52. The Balaban J connectivity index is 2.25. The zero-order valence-electron chi connectivity index (χ0n) is 11.4. The van der Waals surface area contributed by atoms with Crippen LogP contribution in [-0.2, 0) is 15.8 Å². The van der Waals surface area contributed by atoms with Crippen LogP contribution in [0.4, 0.5) is 5.69 Å². The molecule has 0 radical (unpaired) electrons. The molecule has 2 aromatic carbocycles. The molecular formula is C15H14N2O3S. The number of hydrogen-bond acceptors (Lipinski definition) is 4. The zero-order chi connectivity index (χ0) is 15.5. The summed E-state index contributed by atoms with van der Waals surface area (Å²) in [5.74, 6) is -0.206. The molecule has 0 aliphatic heterocycles. The van der Waals surface area contributed by atoms with Crippen molar-refractivity contribution in [2.75, 3.05) is 4.72 Å². The van der Waals surface area contributed by atoms with Crippen LogP contribution >= 0.6 is 0 Å². The summed E-state index contributed by atoms with van der Waals surface area (Å²) in [6.45, 7) is 1.70. The maximum atomic E-state index is 12.2. The number of nitriles is 1. The monoisotopic (exact) mass is 302 g/mol. The summed E-state index contributed by atoms with van der Waals surface area (Å²) in [6.07, 6.45) is 0. The van der Waals surface area contributed by atoms with Crippen LogP contribution in [0.2, 0.25) is 0 Å². The molecule has 108 valence electrons. The van der Waals surface area contributed by atoms with E-state index >= 15 is 0 Å². The van der Waals surface area contributed by atoms with Gasteiger partial charge < -0.3 is 5.11 Å². The quantitative estimate of drug-likeness (QED) is 0.849. The van der Waals surface area contributed by atoms with Gasteiger partial charge in [0.05, 0.1) is 23.1 Å². The molecule has 0 atom stereocenters. The highest BCUT2D eigenvalue weighted by molar-refractivity contribution is 7.91. The Labute approximate surface area is 123 Å². The molecule has 0 spiro atoms. The fourth-order valence-corrected chi connectivity index (χ4v) is 3.22. The third-order valence-corrected chi connectivity index (χ3v) is 4.18. The molecule has 0 aliphatic carbocycles. The second-order valence-corrected chi connectivity index (χ2v) is 6.35. The van der Waals surface area contributed by atoms with E-state index in [4.69, 9.17) is 5.26 Å². The van der Waals surface area contributed by atoms with Crippen LogP contribution in [0.3, 0.4) is 0 Å². The Kier molecular flexibility index (Phi) is 4.15. The molecular weight excluding hydrogens is 288 g/mol. The number of nitrogens with one attached hydrogen (secondary N) is 1. The van der Waals surface area contributed by atoms with Crippen LogP contribution in [0, 0.1) is 18.3 Å². The van der Waals surface area contributed by atoms with E-state index in [0.29, 0.717) is 22.4 Å². The lowest BCUT2D eigenvalue weighted by Gasteiger charge is -2.11. The van der Waals surface area contributed by atoms with Crippen molar-refractivity contribution in [1.29, 1.82) is 5.26 Å². The lowest BCUT2D eigenvalue weighted by Crippen LogP contribution is -2.16. The molecule has 2 N–H and O–H groups in total. The summed E-state index contributed by atoms with van der Waals surface area (Å²) in [4.78, 5) is 0. The molecule has 0 bridgehead atoms. The Morgan fingerprint density at radius 1 is 1.24 bits per heavy atom. The van der Waals surface area contributed by atoms with Gasteiger partial charge in [-0.05, 0) is 42.3 Å². The molecule has 0 fully saturated rings. The molecule has 0 aromatic heterocycles. The summed E-state index contributed by atoms with van der Waals surface area (Å²) in [5, 5.41) is 18.3. The molecule has 5 nitrogen and oxygen atoms in total. The number of rotatable bonds is 4. The lowest BCUT2D eigenvalue weighted by molar-refractivity contribution is 0.475. The van der Waals surface area contributed by atoms with E-state index in [0.717, 1.165) is 0 Å². The number of aromatic hydroxyl groups is 1. The third-order valence-electron chi connectivity index (χ3n) is 2.96. The minimum absolute atomic E-state index is 0.0743. The molecule has 2 aromatic rings. The van der Waals surface area contributed by atoms with E-state index in [9.17, 15) is 13.5 Å². The van der Waals surface area contributed by atoms with Crippen molar-refractivity contribution in [3.63, 3.8) is 0 Å². The SMILES string of the molecule is Cc1cc(O)ccc1NS(=O)(=O)Cc1ccccc1C#N. The average Bonchev–Trinajstić information content (AvgIpc) is 2.42. The van der Waals surface area contributed by atoms with Gasteiger partial charge in [0.2, 0.25) is 10.0 Å². The first-order chi connectivity index (χ1) is 9.91. The molecule has 0 saturated carbocycles. The van der Waals surface area contributed by atoms with E-state index in [2.05, 4.69) is 4.72 Å². The van der Waals surface area contributed by atoms with Crippen LogP contribution in [0.1, 0.15) is 16.7 Å². The summed E-state index contributed by atoms with van der Waals surface area (Å²) in [5.41, 5.74) is 1.81. The molecule has 0 heterocycles. The van der Waals surface area contributed by atoms with Gasteiger partial charge in [0.15, 0.2) is 0 Å². The van der Waals surface area contributed by atoms with E-state index < -0.39 is 10.0 Å². The summed E-state index contributed by atoms with van der Waals surface area (Å²) in [7, 11) is -3.64. The molecule has 6 heteroatoms. The highest BCUT2D eigenvalue weighted by Gasteiger charge is 2.15. The highest BCUT2D eigenvalue weighted by Crippen LogP contribution is 2.22. The van der Waals surface area contributed by atoms with E-state index in [1.165, 1.54) is 18.2 Å². The maximum absolute atomic E-state index is 12.2.